The Morgan fingerprint density at radius 2 is 2.24 bits per heavy atom. The molecule has 156 valence electrons. The number of carbonyl (C=O) groups excluding carboxylic acids is 1. The third-order valence-electron chi connectivity index (χ3n) is 4.81. The number of ether oxygens (including phenoxy) is 2. The summed E-state index contributed by atoms with van der Waals surface area (Å²) in [4.78, 5) is 18.8. The number of nitrogens with zero attached hydrogens (tertiary/aromatic N) is 2. The van der Waals surface area contributed by atoms with Gasteiger partial charge in [0.1, 0.15) is 11.6 Å². The Kier molecular flexibility index (Phi) is 7.72. The zero-order valence-corrected chi connectivity index (χ0v) is 17.7. The number of amides is 1. The van der Waals surface area contributed by atoms with Crippen LogP contribution in [0.3, 0.4) is 0 Å². The van der Waals surface area contributed by atoms with Crippen molar-refractivity contribution in [3.8, 4) is 5.75 Å². The Morgan fingerprint density at radius 1 is 1.38 bits per heavy atom. The van der Waals surface area contributed by atoms with E-state index in [9.17, 15) is 4.79 Å². The maximum Gasteiger partial charge on any atom is 0.220 e. The number of aromatic nitrogens is 1. The quantitative estimate of drug-likeness (QED) is 0.663. The minimum atomic E-state index is 0.00695. The normalized spacial score (nSPS) is 16.5. The lowest BCUT2D eigenvalue weighted by Gasteiger charge is -2.32. The van der Waals surface area contributed by atoms with Crippen LogP contribution in [0.1, 0.15) is 30.9 Å². The topological polar surface area (TPSA) is 63.7 Å². The summed E-state index contributed by atoms with van der Waals surface area (Å²) in [6.45, 7) is 7.41. The molecule has 1 N–H and O–H groups in total. The van der Waals surface area contributed by atoms with Gasteiger partial charge in [-0.1, -0.05) is 17.7 Å². The summed E-state index contributed by atoms with van der Waals surface area (Å²) in [5, 5.41) is 3.63. The first kappa shape index (κ1) is 21.4. The van der Waals surface area contributed by atoms with Gasteiger partial charge in [0.05, 0.1) is 19.3 Å². The molecule has 1 atom stereocenters. The van der Waals surface area contributed by atoms with Gasteiger partial charge >= 0.3 is 0 Å². The van der Waals surface area contributed by atoms with E-state index in [0.29, 0.717) is 31.0 Å². The molecule has 0 spiro atoms. The smallest absolute Gasteiger partial charge is 0.220 e. The van der Waals surface area contributed by atoms with Gasteiger partial charge in [-0.2, -0.15) is 0 Å². The molecule has 1 aliphatic heterocycles. The molecule has 1 aromatic carbocycles. The Balaban J connectivity index is 1.35. The lowest BCUT2D eigenvalue weighted by atomic mass is 10.2. The Morgan fingerprint density at radius 3 is 2.97 bits per heavy atom. The van der Waals surface area contributed by atoms with Crippen molar-refractivity contribution in [2.45, 2.75) is 39.3 Å². The summed E-state index contributed by atoms with van der Waals surface area (Å²) in [6, 6.07) is 9.53. The summed E-state index contributed by atoms with van der Waals surface area (Å²) in [5.41, 5.74) is 1.97. The molecule has 0 aliphatic carbocycles. The molecule has 29 heavy (non-hydrogen) atoms. The SMILES string of the molecule is Cc1cc(Cl)ccc1OCCCC(=O)NCc1ccc(N2CCOC(C)C2)nc1. The molecule has 0 saturated carbocycles. The third-order valence-corrected chi connectivity index (χ3v) is 5.04. The van der Waals surface area contributed by atoms with Gasteiger partial charge in [-0.25, -0.2) is 4.98 Å². The van der Waals surface area contributed by atoms with E-state index in [4.69, 9.17) is 21.1 Å². The second-order valence-electron chi connectivity index (χ2n) is 7.29. The Hall–Kier alpha value is -2.31. The van der Waals surface area contributed by atoms with Gasteiger partial charge in [-0.05, 0) is 55.7 Å². The molecule has 0 radical (unpaired) electrons. The van der Waals surface area contributed by atoms with Gasteiger partial charge < -0.3 is 19.7 Å². The van der Waals surface area contributed by atoms with E-state index in [1.54, 1.807) is 6.07 Å². The minimum Gasteiger partial charge on any atom is -0.493 e. The van der Waals surface area contributed by atoms with E-state index in [1.807, 2.05) is 37.4 Å². The summed E-state index contributed by atoms with van der Waals surface area (Å²) in [6.07, 6.45) is 3.11. The first-order valence-corrected chi connectivity index (χ1v) is 10.4. The third kappa shape index (κ3) is 6.61. The number of morpholine rings is 1. The van der Waals surface area contributed by atoms with E-state index < -0.39 is 0 Å². The van der Waals surface area contributed by atoms with E-state index in [1.165, 1.54) is 0 Å². The number of aryl methyl sites for hydroxylation is 1. The summed E-state index contributed by atoms with van der Waals surface area (Å²) in [7, 11) is 0. The van der Waals surface area contributed by atoms with Gasteiger partial charge in [-0.15, -0.1) is 0 Å². The van der Waals surface area contributed by atoms with Crippen molar-refractivity contribution in [2.24, 2.45) is 0 Å². The van der Waals surface area contributed by atoms with Crippen LogP contribution >= 0.6 is 11.6 Å². The van der Waals surface area contributed by atoms with Gasteiger partial charge in [0, 0.05) is 37.3 Å². The summed E-state index contributed by atoms with van der Waals surface area (Å²) >= 11 is 5.94. The zero-order chi connectivity index (χ0) is 20.6. The highest BCUT2D eigenvalue weighted by Gasteiger charge is 2.17. The van der Waals surface area contributed by atoms with Crippen LogP contribution in [0.2, 0.25) is 5.02 Å². The lowest BCUT2D eigenvalue weighted by Crippen LogP contribution is -2.41. The van der Waals surface area contributed by atoms with Crippen molar-refractivity contribution in [1.29, 1.82) is 0 Å². The molecule has 0 bridgehead atoms. The summed E-state index contributed by atoms with van der Waals surface area (Å²) in [5.74, 6) is 1.76. The minimum absolute atomic E-state index is 0.00695. The Bertz CT molecular complexity index is 813. The van der Waals surface area contributed by atoms with Crippen LogP contribution in [0.15, 0.2) is 36.5 Å². The van der Waals surface area contributed by atoms with Crippen molar-refractivity contribution >= 4 is 23.3 Å². The molecule has 1 aliphatic rings. The number of halogens is 1. The van der Waals surface area contributed by atoms with Crippen molar-refractivity contribution in [1.82, 2.24) is 10.3 Å². The van der Waals surface area contributed by atoms with Crippen LogP contribution in [0, 0.1) is 6.92 Å². The largest absolute Gasteiger partial charge is 0.493 e. The standard InChI is InChI=1S/C22H28ClN3O3/c1-16-12-19(23)6-7-20(16)29-10-3-4-22(27)25-14-18-5-8-21(24-13-18)26-9-11-28-17(2)15-26/h5-8,12-13,17H,3-4,9-11,14-15H2,1-2H3,(H,25,27). The average molecular weight is 418 g/mol. The maximum atomic E-state index is 12.1. The number of rotatable bonds is 8. The van der Waals surface area contributed by atoms with E-state index in [0.717, 1.165) is 42.4 Å². The van der Waals surface area contributed by atoms with Gasteiger partial charge in [0.25, 0.3) is 0 Å². The lowest BCUT2D eigenvalue weighted by molar-refractivity contribution is -0.121. The zero-order valence-electron chi connectivity index (χ0n) is 17.0. The highest BCUT2D eigenvalue weighted by molar-refractivity contribution is 6.30. The molecular formula is C22H28ClN3O3. The molecule has 1 amide bonds. The van der Waals surface area contributed by atoms with Crippen molar-refractivity contribution in [3.63, 3.8) is 0 Å². The van der Waals surface area contributed by atoms with Crippen LogP contribution in [-0.2, 0) is 16.1 Å². The molecule has 3 rings (SSSR count). The molecule has 2 heterocycles. The molecule has 1 aromatic heterocycles. The number of anilines is 1. The van der Waals surface area contributed by atoms with Crippen LogP contribution in [0.4, 0.5) is 5.82 Å². The highest BCUT2D eigenvalue weighted by atomic mass is 35.5. The first-order chi connectivity index (χ1) is 14.0. The molecule has 1 unspecified atom stereocenters. The van der Waals surface area contributed by atoms with Gasteiger partial charge in [-0.3, -0.25) is 4.79 Å². The number of carbonyl (C=O) groups is 1. The molecule has 6 nitrogen and oxygen atoms in total. The number of hydrogen-bond donors (Lipinski definition) is 1. The predicted molar refractivity (Wildman–Crippen MR) is 115 cm³/mol. The van der Waals surface area contributed by atoms with Crippen molar-refractivity contribution < 1.29 is 14.3 Å². The predicted octanol–water partition coefficient (Wildman–Crippen LogP) is 3.74. The van der Waals surface area contributed by atoms with E-state index in [-0.39, 0.29) is 12.0 Å². The molecule has 1 fully saturated rings. The second kappa shape index (κ2) is 10.5. The number of benzene rings is 1. The van der Waals surface area contributed by atoms with Crippen LogP contribution in [-0.4, -0.2) is 43.3 Å². The fraction of sp³-hybridized carbons (Fsp3) is 0.455. The van der Waals surface area contributed by atoms with E-state index in [2.05, 4.69) is 22.1 Å². The van der Waals surface area contributed by atoms with E-state index >= 15 is 0 Å². The monoisotopic (exact) mass is 417 g/mol. The Labute approximate surface area is 177 Å². The maximum absolute atomic E-state index is 12.1. The molecular weight excluding hydrogens is 390 g/mol. The molecule has 7 heteroatoms. The van der Waals surface area contributed by atoms with Crippen LogP contribution < -0.4 is 15.0 Å². The van der Waals surface area contributed by atoms with Crippen molar-refractivity contribution in [2.75, 3.05) is 31.2 Å². The average Bonchev–Trinajstić information content (AvgIpc) is 2.71. The molecule has 1 saturated heterocycles. The molecule has 2 aromatic rings. The second-order valence-corrected chi connectivity index (χ2v) is 7.73. The highest BCUT2D eigenvalue weighted by Crippen LogP contribution is 2.22. The van der Waals surface area contributed by atoms with Gasteiger partial charge in [0.15, 0.2) is 0 Å². The summed E-state index contributed by atoms with van der Waals surface area (Å²) < 4.78 is 11.3. The number of nitrogens with one attached hydrogen (secondary N) is 1. The van der Waals surface area contributed by atoms with Gasteiger partial charge in [0.2, 0.25) is 5.91 Å². The number of hydrogen-bond acceptors (Lipinski definition) is 5. The number of pyridine rings is 1. The first-order valence-electron chi connectivity index (χ1n) is 9.98. The van der Waals surface area contributed by atoms with Crippen molar-refractivity contribution in [3.05, 3.63) is 52.7 Å². The van der Waals surface area contributed by atoms with Crippen LogP contribution in [0.25, 0.3) is 0 Å². The fourth-order valence-corrected chi connectivity index (χ4v) is 3.44. The fourth-order valence-electron chi connectivity index (χ4n) is 3.21. The van der Waals surface area contributed by atoms with Crippen LogP contribution in [0.5, 0.6) is 5.75 Å².